The molecule has 1 fully saturated rings. The summed E-state index contributed by atoms with van der Waals surface area (Å²) in [6.07, 6.45) is 1.67. The van der Waals surface area contributed by atoms with E-state index < -0.39 is 34.6 Å². The number of ether oxygens (including phenoxy) is 1. The van der Waals surface area contributed by atoms with Gasteiger partial charge in [-0.25, -0.2) is 18.0 Å². The fourth-order valence-corrected chi connectivity index (χ4v) is 2.58. The Bertz CT molecular complexity index is 540. The number of hydrogen-bond donors (Lipinski definition) is 1. The van der Waals surface area contributed by atoms with Gasteiger partial charge >= 0.3 is 5.97 Å². The normalized spacial score (nSPS) is 16.8. The first-order chi connectivity index (χ1) is 9.83. The number of hydrogen-bond acceptors (Lipinski definition) is 3. The van der Waals surface area contributed by atoms with E-state index in [1.54, 1.807) is 13.8 Å². The smallest absolute Gasteiger partial charge is 0.341 e. The van der Waals surface area contributed by atoms with Crippen molar-refractivity contribution in [3.05, 3.63) is 35.1 Å². The van der Waals surface area contributed by atoms with E-state index in [1.807, 2.05) is 0 Å². The summed E-state index contributed by atoms with van der Waals surface area (Å²) in [5.74, 6) is -5.35. The molecule has 0 spiro atoms. The summed E-state index contributed by atoms with van der Waals surface area (Å²) in [7, 11) is 0. The highest BCUT2D eigenvalue weighted by Gasteiger charge is 2.35. The molecule has 1 aliphatic rings. The zero-order valence-electron chi connectivity index (χ0n) is 12.0. The monoisotopic (exact) mass is 301 g/mol. The van der Waals surface area contributed by atoms with Gasteiger partial charge in [0.2, 0.25) is 0 Å². The van der Waals surface area contributed by atoms with Gasteiger partial charge in [-0.3, -0.25) is 0 Å². The predicted octanol–water partition coefficient (Wildman–Crippen LogP) is 3.04. The van der Waals surface area contributed by atoms with Crippen LogP contribution in [0.25, 0.3) is 0 Å². The molecule has 2 rings (SSSR count). The molecule has 1 heterocycles. The van der Waals surface area contributed by atoms with Gasteiger partial charge in [0.25, 0.3) is 0 Å². The Kier molecular flexibility index (Phi) is 4.56. The fourth-order valence-electron chi connectivity index (χ4n) is 2.58. The molecule has 1 aromatic rings. The standard InChI is InChI=1S/C15H18F3NO2/c1-15(2,9-5-7-19-8-6-9)21-14(20)10-3-4-11(16)13(18)12(10)17/h3-4,9,19H,5-8H2,1-2H3. The molecular formula is C15H18F3NO2. The Morgan fingerprint density at radius 3 is 2.43 bits per heavy atom. The average molecular weight is 301 g/mol. The van der Waals surface area contributed by atoms with Crippen molar-refractivity contribution in [1.29, 1.82) is 0 Å². The van der Waals surface area contributed by atoms with Crippen LogP contribution in [0.2, 0.25) is 0 Å². The molecular weight excluding hydrogens is 283 g/mol. The molecule has 1 aliphatic heterocycles. The lowest BCUT2D eigenvalue weighted by Gasteiger charge is -2.36. The zero-order chi connectivity index (χ0) is 15.6. The van der Waals surface area contributed by atoms with Crippen molar-refractivity contribution in [1.82, 2.24) is 5.32 Å². The van der Waals surface area contributed by atoms with Crippen molar-refractivity contribution in [3.8, 4) is 0 Å². The Hall–Kier alpha value is -1.56. The van der Waals surface area contributed by atoms with Crippen LogP contribution in [0.5, 0.6) is 0 Å². The molecule has 0 unspecified atom stereocenters. The Morgan fingerprint density at radius 2 is 1.81 bits per heavy atom. The zero-order valence-corrected chi connectivity index (χ0v) is 12.0. The lowest BCUT2D eigenvalue weighted by molar-refractivity contribution is -0.0372. The summed E-state index contributed by atoms with van der Waals surface area (Å²) in [5.41, 5.74) is -1.38. The van der Waals surface area contributed by atoms with Crippen molar-refractivity contribution >= 4 is 5.97 Å². The molecule has 0 amide bonds. The maximum Gasteiger partial charge on any atom is 0.341 e. The molecule has 0 saturated carbocycles. The van der Waals surface area contributed by atoms with Crippen LogP contribution in [-0.4, -0.2) is 24.7 Å². The molecule has 1 aromatic carbocycles. The summed E-state index contributed by atoms with van der Waals surface area (Å²) in [4.78, 5) is 12.0. The van der Waals surface area contributed by atoms with E-state index in [-0.39, 0.29) is 5.92 Å². The minimum absolute atomic E-state index is 0.135. The molecule has 6 heteroatoms. The summed E-state index contributed by atoms with van der Waals surface area (Å²) < 4.78 is 45.0. The molecule has 1 N–H and O–H groups in total. The van der Waals surface area contributed by atoms with Gasteiger partial charge in [-0.05, 0) is 51.9 Å². The summed E-state index contributed by atoms with van der Waals surface area (Å²) in [5, 5.41) is 3.20. The van der Waals surface area contributed by atoms with Crippen LogP contribution in [0.1, 0.15) is 37.0 Å². The van der Waals surface area contributed by atoms with E-state index in [9.17, 15) is 18.0 Å². The van der Waals surface area contributed by atoms with Gasteiger partial charge in [-0.1, -0.05) is 0 Å². The van der Waals surface area contributed by atoms with Gasteiger partial charge in [-0.2, -0.15) is 0 Å². The van der Waals surface area contributed by atoms with Gasteiger partial charge in [-0.15, -0.1) is 0 Å². The number of esters is 1. The minimum Gasteiger partial charge on any atom is -0.456 e. The Labute approximate surface area is 121 Å². The first-order valence-electron chi connectivity index (χ1n) is 6.90. The van der Waals surface area contributed by atoms with Crippen molar-refractivity contribution in [2.24, 2.45) is 5.92 Å². The number of rotatable bonds is 3. The second-order valence-electron chi connectivity index (χ2n) is 5.74. The van der Waals surface area contributed by atoms with Crippen LogP contribution in [0.4, 0.5) is 13.2 Å². The second-order valence-corrected chi connectivity index (χ2v) is 5.74. The number of nitrogens with one attached hydrogen (secondary N) is 1. The number of carbonyl (C=O) groups is 1. The maximum absolute atomic E-state index is 13.6. The van der Waals surface area contributed by atoms with Gasteiger partial charge in [0.1, 0.15) is 5.60 Å². The van der Waals surface area contributed by atoms with Crippen LogP contribution in [-0.2, 0) is 4.74 Å². The molecule has 21 heavy (non-hydrogen) atoms. The molecule has 0 atom stereocenters. The molecule has 0 bridgehead atoms. The largest absolute Gasteiger partial charge is 0.456 e. The maximum atomic E-state index is 13.6. The Morgan fingerprint density at radius 1 is 1.19 bits per heavy atom. The van der Waals surface area contributed by atoms with Crippen molar-refractivity contribution in [2.75, 3.05) is 13.1 Å². The van der Waals surface area contributed by atoms with Gasteiger partial charge in [0, 0.05) is 5.92 Å². The number of benzene rings is 1. The summed E-state index contributed by atoms with van der Waals surface area (Å²) in [6, 6.07) is 1.61. The number of halogens is 3. The second kappa shape index (κ2) is 6.05. The van der Waals surface area contributed by atoms with E-state index in [4.69, 9.17) is 4.74 Å². The van der Waals surface area contributed by atoms with Gasteiger partial charge in [0.15, 0.2) is 17.5 Å². The van der Waals surface area contributed by atoms with E-state index in [0.717, 1.165) is 32.0 Å². The third-order valence-electron chi connectivity index (χ3n) is 3.93. The molecule has 0 aromatic heterocycles. The highest BCUT2D eigenvalue weighted by atomic mass is 19.2. The number of carbonyl (C=O) groups excluding carboxylic acids is 1. The molecule has 3 nitrogen and oxygen atoms in total. The first-order valence-corrected chi connectivity index (χ1v) is 6.90. The molecule has 116 valence electrons. The van der Waals surface area contributed by atoms with Crippen LogP contribution >= 0.6 is 0 Å². The first kappa shape index (κ1) is 15.8. The summed E-state index contributed by atoms with van der Waals surface area (Å²) in [6.45, 7) is 5.15. The van der Waals surface area contributed by atoms with Crippen molar-refractivity contribution in [2.45, 2.75) is 32.3 Å². The average Bonchev–Trinajstić information content (AvgIpc) is 2.45. The lowest BCUT2D eigenvalue weighted by Crippen LogP contribution is -2.42. The van der Waals surface area contributed by atoms with Crippen molar-refractivity contribution in [3.63, 3.8) is 0 Å². The molecule has 0 radical (unpaired) electrons. The van der Waals surface area contributed by atoms with Gasteiger partial charge in [0.05, 0.1) is 5.56 Å². The van der Waals surface area contributed by atoms with Gasteiger partial charge < -0.3 is 10.1 Å². The topological polar surface area (TPSA) is 38.3 Å². The fraction of sp³-hybridized carbons (Fsp3) is 0.533. The Balaban J connectivity index is 2.15. The highest BCUT2D eigenvalue weighted by Crippen LogP contribution is 2.30. The van der Waals surface area contributed by atoms with Crippen LogP contribution in [0.3, 0.4) is 0 Å². The summed E-state index contributed by atoms with van der Waals surface area (Å²) >= 11 is 0. The third-order valence-corrected chi connectivity index (χ3v) is 3.93. The molecule has 0 aliphatic carbocycles. The van der Waals surface area contributed by atoms with E-state index >= 15 is 0 Å². The van der Waals surface area contributed by atoms with Crippen LogP contribution in [0, 0.1) is 23.4 Å². The quantitative estimate of drug-likeness (QED) is 0.689. The van der Waals surface area contributed by atoms with Crippen LogP contribution in [0.15, 0.2) is 12.1 Å². The third kappa shape index (κ3) is 3.37. The van der Waals surface area contributed by atoms with Crippen molar-refractivity contribution < 1.29 is 22.7 Å². The SMILES string of the molecule is CC(C)(OC(=O)c1ccc(F)c(F)c1F)C1CCNCC1. The minimum atomic E-state index is -1.66. The number of piperidine rings is 1. The predicted molar refractivity (Wildman–Crippen MR) is 71.4 cm³/mol. The van der Waals surface area contributed by atoms with E-state index in [1.165, 1.54) is 0 Å². The van der Waals surface area contributed by atoms with E-state index in [0.29, 0.717) is 6.07 Å². The van der Waals surface area contributed by atoms with Crippen LogP contribution < -0.4 is 5.32 Å². The molecule has 1 saturated heterocycles. The van der Waals surface area contributed by atoms with E-state index in [2.05, 4.69) is 5.32 Å². The lowest BCUT2D eigenvalue weighted by atomic mass is 9.83. The highest BCUT2D eigenvalue weighted by molar-refractivity contribution is 5.90.